The van der Waals surface area contributed by atoms with E-state index in [-0.39, 0.29) is 18.2 Å². The van der Waals surface area contributed by atoms with E-state index >= 15 is 0 Å². The summed E-state index contributed by atoms with van der Waals surface area (Å²) in [5.74, 6) is 0.126. The molecule has 1 unspecified atom stereocenters. The first-order chi connectivity index (χ1) is 7.95. The first-order valence-corrected chi connectivity index (χ1v) is 5.46. The van der Waals surface area contributed by atoms with Gasteiger partial charge in [0, 0.05) is 18.8 Å². The second-order valence-corrected chi connectivity index (χ2v) is 4.04. The molecular formula is C12H16F3NO. The van der Waals surface area contributed by atoms with Crippen molar-refractivity contribution >= 4 is 5.69 Å². The molecule has 0 saturated carbocycles. The molecule has 1 aromatic carbocycles. The van der Waals surface area contributed by atoms with Crippen LogP contribution in [0, 0.1) is 5.92 Å². The van der Waals surface area contributed by atoms with Crippen LogP contribution in [0.5, 0.6) is 0 Å². The van der Waals surface area contributed by atoms with Crippen LogP contribution in [0.3, 0.4) is 0 Å². The third-order valence-corrected chi connectivity index (χ3v) is 2.50. The molecule has 5 heteroatoms. The minimum Gasteiger partial charge on any atom is -0.396 e. The zero-order valence-electron chi connectivity index (χ0n) is 9.59. The summed E-state index contributed by atoms with van der Waals surface area (Å²) in [5, 5.41) is 11.5. The fourth-order valence-corrected chi connectivity index (χ4v) is 1.49. The molecule has 0 bridgehead atoms. The molecule has 0 amide bonds. The van der Waals surface area contributed by atoms with Gasteiger partial charge in [0.2, 0.25) is 0 Å². The number of alkyl halides is 3. The molecule has 0 saturated heterocycles. The van der Waals surface area contributed by atoms with E-state index < -0.39 is 11.7 Å². The number of anilines is 1. The fourth-order valence-electron chi connectivity index (χ4n) is 1.49. The van der Waals surface area contributed by atoms with Gasteiger partial charge >= 0.3 is 6.18 Å². The number of para-hydroxylation sites is 1. The maximum Gasteiger partial charge on any atom is 0.418 e. The maximum atomic E-state index is 12.6. The van der Waals surface area contributed by atoms with Gasteiger partial charge in [-0.2, -0.15) is 13.2 Å². The number of nitrogens with one attached hydrogen (secondary N) is 1. The molecule has 0 aliphatic heterocycles. The van der Waals surface area contributed by atoms with E-state index in [2.05, 4.69) is 5.32 Å². The van der Waals surface area contributed by atoms with Gasteiger partial charge in [0.1, 0.15) is 0 Å². The summed E-state index contributed by atoms with van der Waals surface area (Å²) < 4.78 is 37.9. The van der Waals surface area contributed by atoms with Gasteiger partial charge in [-0.3, -0.25) is 0 Å². The topological polar surface area (TPSA) is 32.3 Å². The minimum atomic E-state index is -4.34. The number of aliphatic hydroxyl groups is 1. The van der Waals surface area contributed by atoms with E-state index in [0.29, 0.717) is 13.0 Å². The summed E-state index contributed by atoms with van der Waals surface area (Å²) in [5.41, 5.74) is -0.569. The van der Waals surface area contributed by atoms with Crippen LogP contribution in [0.2, 0.25) is 0 Å². The average Bonchev–Trinajstić information content (AvgIpc) is 2.26. The highest BCUT2D eigenvalue weighted by atomic mass is 19.4. The van der Waals surface area contributed by atoms with Crippen LogP contribution < -0.4 is 5.32 Å². The van der Waals surface area contributed by atoms with Crippen LogP contribution >= 0.6 is 0 Å². The van der Waals surface area contributed by atoms with E-state index in [0.717, 1.165) is 6.07 Å². The molecule has 96 valence electrons. The van der Waals surface area contributed by atoms with Crippen LogP contribution in [-0.2, 0) is 6.18 Å². The Kier molecular flexibility index (Phi) is 4.81. The van der Waals surface area contributed by atoms with Crippen molar-refractivity contribution in [2.75, 3.05) is 18.5 Å². The molecule has 0 aliphatic carbocycles. The molecule has 2 nitrogen and oxygen atoms in total. The van der Waals surface area contributed by atoms with Gasteiger partial charge < -0.3 is 10.4 Å². The van der Waals surface area contributed by atoms with Gasteiger partial charge in [0.25, 0.3) is 0 Å². The Morgan fingerprint density at radius 3 is 2.53 bits per heavy atom. The second kappa shape index (κ2) is 5.91. The van der Waals surface area contributed by atoms with Gasteiger partial charge in [-0.15, -0.1) is 0 Å². The third-order valence-electron chi connectivity index (χ3n) is 2.50. The smallest absolute Gasteiger partial charge is 0.396 e. The highest BCUT2D eigenvalue weighted by molar-refractivity contribution is 5.52. The van der Waals surface area contributed by atoms with Gasteiger partial charge in [0.05, 0.1) is 5.56 Å². The number of hydrogen-bond acceptors (Lipinski definition) is 2. The van der Waals surface area contributed by atoms with E-state index in [4.69, 9.17) is 5.11 Å². The Bertz CT molecular complexity index is 352. The van der Waals surface area contributed by atoms with Gasteiger partial charge in [-0.05, 0) is 24.5 Å². The molecule has 0 aliphatic rings. The van der Waals surface area contributed by atoms with Crippen molar-refractivity contribution in [2.24, 2.45) is 5.92 Å². The summed E-state index contributed by atoms with van der Waals surface area (Å²) in [4.78, 5) is 0. The minimum absolute atomic E-state index is 0.0454. The number of benzene rings is 1. The maximum absolute atomic E-state index is 12.6. The monoisotopic (exact) mass is 247 g/mol. The van der Waals surface area contributed by atoms with E-state index in [1.54, 1.807) is 6.07 Å². The molecule has 1 rings (SSSR count). The number of rotatable bonds is 5. The Morgan fingerprint density at radius 2 is 1.94 bits per heavy atom. The van der Waals surface area contributed by atoms with Crippen molar-refractivity contribution in [3.63, 3.8) is 0 Å². The van der Waals surface area contributed by atoms with Crippen LogP contribution in [-0.4, -0.2) is 18.3 Å². The predicted molar refractivity (Wildman–Crippen MR) is 60.8 cm³/mol. The molecule has 0 spiro atoms. The van der Waals surface area contributed by atoms with Crippen LogP contribution in [0.1, 0.15) is 18.9 Å². The highest BCUT2D eigenvalue weighted by Crippen LogP contribution is 2.34. The lowest BCUT2D eigenvalue weighted by molar-refractivity contribution is -0.137. The number of halogens is 3. The van der Waals surface area contributed by atoms with Crippen molar-refractivity contribution in [2.45, 2.75) is 19.5 Å². The largest absolute Gasteiger partial charge is 0.418 e. The molecular weight excluding hydrogens is 231 g/mol. The zero-order chi connectivity index (χ0) is 12.9. The summed E-state index contributed by atoms with van der Waals surface area (Å²) in [7, 11) is 0. The standard InChI is InChI=1S/C12H16F3NO/c1-9(6-7-17)8-16-11-5-3-2-4-10(11)12(13,14)15/h2-5,9,16-17H,6-8H2,1H3. The number of hydrogen-bond donors (Lipinski definition) is 2. The lowest BCUT2D eigenvalue weighted by Gasteiger charge is -2.16. The van der Waals surface area contributed by atoms with Crippen LogP contribution in [0.4, 0.5) is 18.9 Å². The van der Waals surface area contributed by atoms with Crippen molar-refractivity contribution in [1.82, 2.24) is 0 Å². The Morgan fingerprint density at radius 1 is 1.29 bits per heavy atom. The van der Waals surface area contributed by atoms with E-state index in [1.807, 2.05) is 6.92 Å². The molecule has 17 heavy (non-hydrogen) atoms. The molecule has 1 atom stereocenters. The Balaban J connectivity index is 2.71. The van der Waals surface area contributed by atoms with E-state index in [1.165, 1.54) is 12.1 Å². The van der Waals surface area contributed by atoms with Gasteiger partial charge in [-0.1, -0.05) is 19.1 Å². The van der Waals surface area contributed by atoms with Gasteiger partial charge in [0.15, 0.2) is 0 Å². The Labute approximate surface area is 98.5 Å². The Hall–Kier alpha value is -1.23. The summed E-state index contributed by atoms with van der Waals surface area (Å²) >= 11 is 0. The second-order valence-electron chi connectivity index (χ2n) is 4.04. The summed E-state index contributed by atoms with van der Waals surface area (Å²) in [6, 6.07) is 5.40. The van der Waals surface area contributed by atoms with Crippen molar-refractivity contribution < 1.29 is 18.3 Å². The first kappa shape index (κ1) is 13.8. The lowest BCUT2D eigenvalue weighted by atomic mass is 10.1. The lowest BCUT2D eigenvalue weighted by Crippen LogP contribution is -2.16. The SMILES string of the molecule is CC(CCO)CNc1ccccc1C(F)(F)F. The normalized spacial score (nSPS) is 13.5. The third kappa shape index (κ3) is 4.26. The molecule has 0 fully saturated rings. The predicted octanol–water partition coefficient (Wildman–Crippen LogP) is 3.14. The molecule has 0 radical (unpaired) electrons. The first-order valence-electron chi connectivity index (χ1n) is 5.46. The zero-order valence-corrected chi connectivity index (χ0v) is 9.59. The van der Waals surface area contributed by atoms with E-state index in [9.17, 15) is 13.2 Å². The van der Waals surface area contributed by atoms with Crippen molar-refractivity contribution in [3.05, 3.63) is 29.8 Å². The van der Waals surface area contributed by atoms with Crippen LogP contribution in [0.25, 0.3) is 0 Å². The summed E-state index contributed by atoms with van der Waals surface area (Å²) in [6.45, 7) is 2.33. The molecule has 0 heterocycles. The molecule has 2 N–H and O–H groups in total. The quantitative estimate of drug-likeness (QED) is 0.837. The molecule has 0 aromatic heterocycles. The summed E-state index contributed by atoms with van der Waals surface area (Å²) in [6.07, 6.45) is -3.77. The highest BCUT2D eigenvalue weighted by Gasteiger charge is 2.33. The van der Waals surface area contributed by atoms with Gasteiger partial charge in [-0.25, -0.2) is 0 Å². The molecule has 1 aromatic rings. The fraction of sp³-hybridized carbons (Fsp3) is 0.500. The van der Waals surface area contributed by atoms with Crippen molar-refractivity contribution in [3.8, 4) is 0 Å². The van der Waals surface area contributed by atoms with Crippen molar-refractivity contribution in [1.29, 1.82) is 0 Å². The number of aliphatic hydroxyl groups excluding tert-OH is 1. The average molecular weight is 247 g/mol. The van der Waals surface area contributed by atoms with Crippen LogP contribution in [0.15, 0.2) is 24.3 Å².